The van der Waals surface area contributed by atoms with Crippen LogP contribution in [0, 0.1) is 0 Å². The first-order valence-corrected chi connectivity index (χ1v) is 3.76. The van der Waals surface area contributed by atoms with Crippen LogP contribution in [-0.4, -0.2) is 21.2 Å². The maximum absolute atomic E-state index is 12.1. The number of pyridine rings is 1. The Balaban J connectivity index is 2.95. The summed E-state index contributed by atoms with van der Waals surface area (Å²) in [5, 5.41) is 17.3. The SMILES string of the molecule is O=C(O)C(O)c1ccc(C(F)(F)F)cn1. The minimum absolute atomic E-state index is 0.337. The summed E-state index contributed by atoms with van der Waals surface area (Å²) in [4.78, 5) is 13.5. The quantitative estimate of drug-likeness (QED) is 0.787. The van der Waals surface area contributed by atoms with Gasteiger partial charge in [-0.05, 0) is 12.1 Å². The molecule has 2 N–H and O–H groups in total. The normalized spacial score (nSPS) is 13.6. The zero-order valence-corrected chi connectivity index (χ0v) is 7.19. The van der Waals surface area contributed by atoms with E-state index < -0.39 is 23.8 Å². The number of aliphatic carboxylic acids is 1. The van der Waals surface area contributed by atoms with Crippen molar-refractivity contribution in [3.05, 3.63) is 29.6 Å². The van der Waals surface area contributed by atoms with Crippen molar-refractivity contribution >= 4 is 5.97 Å². The molecule has 4 nitrogen and oxygen atoms in total. The third-order valence-corrected chi connectivity index (χ3v) is 1.63. The van der Waals surface area contributed by atoms with E-state index in [-0.39, 0.29) is 5.69 Å². The molecule has 0 saturated heterocycles. The van der Waals surface area contributed by atoms with E-state index >= 15 is 0 Å². The van der Waals surface area contributed by atoms with E-state index in [1.807, 2.05) is 0 Å². The molecule has 0 amide bonds. The summed E-state index contributed by atoms with van der Waals surface area (Å²) in [5.41, 5.74) is -1.33. The van der Waals surface area contributed by atoms with E-state index in [4.69, 9.17) is 10.2 Å². The highest BCUT2D eigenvalue weighted by atomic mass is 19.4. The Labute approximate surface area is 82.0 Å². The average Bonchev–Trinajstić information content (AvgIpc) is 2.15. The minimum Gasteiger partial charge on any atom is -0.479 e. The van der Waals surface area contributed by atoms with Gasteiger partial charge < -0.3 is 10.2 Å². The summed E-state index contributed by atoms with van der Waals surface area (Å²) in [6, 6.07) is 1.48. The molecule has 15 heavy (non-hydrogen) atoms. The zero-order chi connectivity index (χ0) is 11.6. The Morgan fingerprint density at radius 1 is 1.40 bits per heavy atom. The highest BCUT2D eigenvalue weighted by Crippen LogP contribution is 2.28. The molecule has 0 aliphatic rings. The molecule has 0 fully saturated rings. The van der Waals surface area contributed by atoms with Crippen LogP contribution >= 0.6 is 0 Å². The Morgan fingerprint density at radius 3 is 2.33 bits per heavy atom. The van der Waals surface area contributed by atoms with E-state index in [0.29, 0.717) is 12.3 Å². The van der Waals surface area contributed by atoms with Gasteiger partial charge in [0.25, 0.3) is 0 Å². The van der Waals surface area contributed by atoms with Gasteiger partial charge in [-0.3, -0.25) is 4.98 Å². The van der Waals surface area contributed by atoms with Crippen LogP contribution in [0.1, 0.15) is 17.4 Å². The van der Waals surface area contributed by atoms with Crippen LogP contribution in [0.3, 0.4) is 0 Å². The van der Waals surface area contributed by atoms with E-state index in [9.17, 15) is 18.0 Å². The number of rotatable bonds is 2. The molecule has 0 aromatic carbocycles. The third-order valence-electron chi connectivity index (χ3n) is 1.63. The van der Waals surface area contributed by atoms with Gasteiger partial charge in [-0.2, -0.15) is 13.2 Å². The average molecular weight is 221 g/mol. The number of aliphatic hydroxyl groups excluding tert-OH is 1. The third kappa shape index (κ3) is 2.66. The summed E-state index contributed by atoms with van der Waals surface area (Å²) in [7, 11) is 0. The fraction of sp³-hybridized carbons (Fsp3) is 0.250. The molecule has 1 heterocycles. The van der Waals surface area contributed by atoms with Crippen molar-refractivity contribution in [1.29, 1.82) is 0 Å². The molecule has 0 bridgehead atoms. The van der Waals surface area contributed by atoms with Gasteiger partial charge in [0.05, 0.1) is 11.3 Å². The summed E-state index contributed by atoms with van der Waals surface area (Å²) in [6.07, 6.45) is -5.96. The second-order valence-electron chi connectivity index (χ2n) is 2.71. The Hall–Kier alpha value is -1.63. The molecule has 1 aromatic rings. The van der Waals surface area contributed by atoms with Gasteiger partial charge in [0.15, 0.2) is 6.10 Å². The molecule has 1 unspecified atom stereocenters. The summed E-state index contributed by atoms with van der Waals surface area (Å²) in [5.74, 6) is -1.57. The van der Waals surface area contributed by atoms with Crippen molar-refractivity contribution in [2.24, 2.45) is 0 Å². The maximum atomic E-state index is 12.1. The lowest BCUT2D eigenvalue weighted by atomic mass is 10.2. The molecule has 0 spiro atoms. The standard InChI is InChI=1S/C8H6F3NO3/c9-8(10,11)4-1-2-5(12-3-4)6(13)7(14)15/h1-3,6,13H,(H,14,15). The van der Waals surface area contributed by atoms with Gasteiger partial charge >= 0.3 is 12.1 Å². The molecule has 0 radical (unpaired) electrons. The van der Waals surface area contributed by atoms with Crippen molar-refractivity contribution in [3.8, 4) is 0 Å². The molecule has 0 saturated carbocycles. The predicted molar refractivity (Wildman–Crippen MR) is 41.8 cm³/mol. The lowest BCUT2D eigenvalue weighted by molar-refractivity contribution is -0.147. The van der Waals surface area contributed by atoms with E-state index in [1.54, 1.807) is 0 Å². The number of alkyl halides is 3. The van der Waals surface area contributed by atoms with Crippen LogP contribution < -0.4 is 0 Å². The molecule has 0 aliphatic carbocycles. The molecular formula is C8H6F3NO3. The largest absolute Gasteiger partial charge is 0.479 e. The van der Waals surface area contributed by atoms with Crippen molar-refractivity contribution < 1.29 is 28.2 Å². The van der Waals surface area contributed by atoms with Crippen molar-refractivity contribution in [2.75, 3.05) is 0 Å². The van der Waals surface area contributed by atoms with Crippen LogP contribution in [0.5, 0.6) is 0 Å². The van der Waals surface area contributed by atoms with Crippen LogP contribution in [0.4, 0.5) is 13.2 Å². The van der Waals surface area contributed by atoms with Crippen molar-refractivity contribution in [3.63, 3.8) is 0 Å². The lowest BCUT2D eigenvalue weighted by Crippen LogP contribution is -2.13. The molecular weight excluding hydrogens is 215 g/mol. The van der Waals surface area contributed by atoms with E-state index in [2.05, 4.69) is 4.98 Å². The molecule has 1 aromatic heterocycles. The summed E-state index contributed by atoms with van der Waals surface area (Å²) < 4.78 is 36.2. The van der Waals surface area contributed by atoms with E-state index in [1.165, 1.54) is 0 Å². The number of halogens is 3. The van der Waals surface area contributed by atoms with Crippen LogP contribution in [-0.2, 0) is 11.0 Å². The highest BCUT2D eigenvalue weighted by molar-refractivity contribution is 5.73. The lowest BCUT2D eigenvalue weighted by Gasteiger charge is -2.08. The van der Waals surface area contributed by atoms with Gasteiger partial charge in [0, 0.05) is 6.20 Å². The van der Waals surface area contributed by atoms with Crippen molar-refractivity contribution in [2.45, 2.75) is 12.3 Å². The molecule has 82 valence electrons. The number of carbonyl (C=O) groups is 1. The number of aromatic nitrogens is 1. The predicted octanol–water partition coefficient (Wildman–Crippen LogP) is 1.22. The molecule has 1 atom stereocenters. The van der Waals surface area contributed by atoms with Gasteiger partial charge in [0.1, 0.15) is 0 Å². The molecule has 0 aliphatic heterocycles. The first-order valence-electron chi connectivity index (χ1n) is 3.76. The number of aliphatic hydroxyl groups is 1. The van der Waals surface area contributed by atoms with Crippen LogP contribution in [0.15, 0.2) is 18.3 Å². The van der Waals surface area contributed by atoms with Gasteiger partial charge in [-0.15, -0.1) is 0 Å². The fourth-order valence-corrected chi connectivity index (χ4v) is 0.861. The second kappa shape index (κ2) is 3.85. The molecule has 7 heteroatoms. The zero-order valence-electron chi connectivity index (χ0n) is 7.19. The first kappa shape index (κ1) is 11.4. The Kier molecular flexibility index (Phi) is 2.94. The Morgan fingerprint density at radius 2 is 2.00 bits per heavy atom. The smallest absolute Gasteiger partial charge is 0.417 e. The number of carboxylic acids is 1. The number of hydrogen-bond acceptors (Lipinski definition) is 3. The van der Waals surface area contributed by atoms with Gasteiger partial charge in [-0.25, -0.2) is 4.79 Å². The first-order chi connectivity index (χ1) is 6.82. The van der Waals surface area contributed by atoms with Crippen LogP contribution in [0.2, 0.25) is 0 Å². The Bertz CT molecular complexity index is 360. The molecule has 1 rings (SSSR count). The minimum atomic E-state index is -4.53. The van der Waals surface area contributed by atoms with Gasteiger partial charge in [-0.1, -0.05) is 0 Å². The second-order valence-corrected chi connectivity index (χ2v) is 2.71. The van der Waals surface area contributed by atoms with E-state index in [0.717, 1.165) is 6.07 Å². The maximum Gasteiger partial charge on any atom is 0.417 e. The number of nitrogens with zero attached hydrogens (tertiary/aromatic N) is 1. The van der Waals surface area contributed by atoms with Gasteiger partial charge in [0.2, 0.25) is 0 Å². The topological polar surface area (TPSA) is 70.4 Å². The summed E-state index contributed by atoms with van der Waals surface area (Å²) >= 11 is 0. The monoisotopic (exact) mass is 221 g/mol. The van der Waals surface area contributed by atoms with Crippen molar-refractivity contribution in [1.82, 2.24) is 4.98 Å². The summed E-state index contributed by atoms with van der Waals surface area (Å²) in [6.45, 7) is 0. The number of hydrogen-bond donors (Lipinski definition) is 2. The van der Waals surface area contributed by atoms with Crippen LogP contribution in [0.25, 0.3) is 0 Å². The number of carboxylic acid groups (broad SMARTS) is 1. The highest BCUT2D eigenvalue weighted by Gasteiger charge is 2.31. The fourth-order valence-electron chi connectivity index (χ4n) is 0.861.